The van der Waals surface area contributed by atoms with Crippen molar-refractivity contribution in [3.8, 4) is 11.5 Å². The van der Waals surface area contributed by atoms with Gasteiger partial charge >= 0.3 is 0 Å². The summed E-state index contributed by atoms with van der Waals surface area (Å²) in [5.41, 5.74) is 0.519. The van der Waals surface area contributed by atoms with Gasteiger partial charge in [-0.2, -0.15) is 0 Å². The van der Waals surface area contributed by atoms with E-state index >= 15 is 0 Å². The minimum atomic E-state index is -0.919. The number of rotatable bonds is 3. The summed E-state index contributed by atoms with van der Waals surface area (Å²) in [5, 5.41) is 10.3. The molecule has 4 aromatic rings. The molecule has 0 bridgehead atoms. The fraction of sp³-hybridized carbons (Fsp3) is 0.0833. The SMILES string of the molecule is COc1ccc(N2C(=O)c3oc4ccc(F)cc4c(=O)c3C2c2cccc(O)c2)cc1Cl. The van der Waals surface area contributed by atoms with Crippen LogP contribution in [0.1, 0.15) is 27.7 Å². The number of phenolic OH excluding ortho intramolecular Hbond substituents is 1. The minimum absolute atomic E-state index is 0.0244. The molecule has 0 radical (unpaired) electrons. The van der Waals surface area contributed by atoms with Crippen LogP contribution in [0.2, 0.25) is 5.02 Å². The second-order valence-corrected chi connectivity index (χ2v) is 7.71. The number of ether oxygens (including phenoxy) is 1. The van der Waals surface area contributed by atoms with Gasteiger partial charge in [0.25, 0.3) is 5.91 Å². The maximum atomic E-state index is 13.9. The van der Waals surface area contributed by atoms with Crippen molar-refractivity contribution in [2.75, 3.05) is 12.0 Å². The summed E-state index contributed by atoms with van der Waals surface area (Å²) >= 11 is 6.29. The zero-order chi connectivity index (χ0) is 22.6. The van der Waals surface area contributed by atoms with Crippen LogP contribution in [0.4, 0.5) is 10.1 Å². The first-order valence-corrected chi connectivity index (χ1v) is 9.99. The highest BCUT2D eigenvalue weighted by molar-refractivity contribution is 6.32. The molecular weight excluding hydrogens is 437 g/mol. The van der Waals surface area contributed by atoms with E-state index in [1.807, 2.05) is 0 Å². The molecule has 1 N–H and O–H groups in total. The summed E-state index contributed by atoms with van der Waals surface area (Å²) in [7, 11) is 1.47. The summed E-state index contributed by atoms with van der Waals surface area (Å²) in [6, 6.07) is 13.6. The van der Waals surface area contributed by atoms with Crippen LogP contribution >= 0.6 is 11.6 Å². The lowest BCUT2D eigenvalue weighted by atomic mass is 9.98. The summed E-state index contributed by atoms with van der Waals surface area (Å²) in [6.07, 6.45) is 0. The van der Waals surface area contributed by atoms with Crippen LogP contribution in [0.3, 0.4) is 0 Å². The number of amides is 1. The van der Waals surface area contributed by atoms with Gasteiger partial charge in [-0.1, -0.05) is 23.7 Å². The highest BCUT2D eigenvalue weighted by Crippen LogP contribution is 2.43. The Hall–Kier alpha value is -3.84. The Labute approximate surface area is 186 Å². The molecule has 5 rings (SSSR count). The number of phenols is 1. The first-order chi connectivity index (χ1) is 15.4. The van der Waals surface area contributed by atoms with Crippen molar-refractivity contribution >= 4 is 34.2 Å². The monoisotopic (exact) mass is 451 g/mol. The van der Waals surface area contributed by atoms with Crippen molar-refractivity contribution in [1.82, 2.24) is 0 Å². The lowest BCUT2D eigenvalue weighted by molar-refractivity contribution is 0.0971. The lowest BCUT2D eigenvalue weighted by Gasteiger charge is -2.25. The number of carbonyl (C=O) groups excluding carboxylic acids is 1. The van der Waals surface area contributed by atoms with Gasteiger partial charge < -0.3 is 14.3 Å². The van der Waals surface area contributed by atoms with E-state index < -0.39 is 23.2 Å². The van der Waals surface area contributed by atoms with Crippen LogP contribution < -0.4 is 15.1 Å². The number of fused-ring (bicyclic) bond motifs is 2. The normalized spacial score (nSPS) is 15.3. The molecule has 0 saturated carbocycles. The van der Waals surface area contributed by atoms with E-state index in [9.17, 15) is 19.1 Å². The number of benzene rings is 3. The molecule has 0 saturated heterocycles. The standard InChI is InChI=1S/C24H15ClFNO5/c1-31-19-8-6-14(11-17(19)25)27-21(12-3-2-4-15(28)9-12)20-22(29)16-10-13(26)5-7-18(16)32-23(20)24(27)30/h2-11,21,28H,1H3. The number of halogens is 2. The molecule has 6 nitrogen and oxygen atoms in total. The van der Waals surface area contributed by atoms with E-state index in [2.05, 4.69) is 0 Å². The molecule has 160 valence electrons. The van der Waals surface area contributed by atoms with Crippen LogP contribution in [0.25, 0.3) is 11.0 Å². The van der Waals surface area contributed by atoms with Crippen LogP contribution in [0, 0.1) is 5.82 Å². The number of hydrogen-bond acceptors (Lipinski definition) is 5. The molecule has 0 fully saturated rings. The Bertz CT molecular complexity index is 1460. The number of methoxy groups -OCH3 is 1. The third-order valence-corrected chi connectivity index (χ3v) is 5.73. The van der Waals surface area contributed by atoms with E-state index in [1.165, 1.54) is 30.2 Å². The van der Waals surface area contributed by atoms with Gasteiger partial charge in [0.2, 0.25) is 5.76 Å². The van der Waals surface area contributed by atoms with E-state index in [0.717, 1.165) is 12.1 Å². The molecule has 1 amide bonds. The number of anilines is 1. The average molecular weight is 452 g/mol. The summed E-state index contributed by atoms with van der Waals surface area (Å²) in [5.74, 6) is -0.912. The summed E-state index contributed by atoms with van der Waals surface area (Å²) in [4.78, 5) is 28.3. The van der Waals surface area contributed by atoms with Crippen LogP contribution in [0.5, 0.6) is 11.5 Å². The molecule has 2 heterocycles. The minimum Gasteiger partial charge on any atom is -0.508 e. The molecule has 0 aliphatic carbocycles. The Balaban J connectivity index is 1.81. The molecule has 0 spiro atoms. The highest BCUT2D eigenvalue weighted by Gasteiger charge is 2.44. The Morgan fingerprint density at radius 3 is 2.62 bits per heavy atom. The fourth-order valence-corrected chi connectivity index (χ4v) is 4.28. The number of nitrogens with zero attached hydrogens (tertiary/aromatic N) is 1. The molecule has 32 heavy (non-hydrogen) atoms. The van der Waals surface area contributed by atoms with Crippen molar-refractivity contribution in [3.05, 3.63) is 98.6 Å². The predicted octanol–water partition coefficient (Wildman–Crippen LogP) is 5.05. The van der Waals surface area contributed by atoms with E-state index in [0.29, 0.717) is 17.0 Å². The molecule has 1 aromatic heterocycles. The van der Waals surface area contributed by atoms with Gasteiger partial charge in [0.15, 0.2) is 5.43 Å². The third-order valence-electron chi connectivity index (χ3n) is 5.43. The smallest absolute Gasteiger partial charge is 0.295 e. The molecule has 1 aliphatic rings. The molecular formula is C24H15ClFNO5. The van der Waals surface area contributed by atoms with Gasteiger partial charge in [-0.25, -0.2) is 4.39 Å². The maximum Gasteiger partial charge on any atom is 0.295 e. The maximum absolute atomic E-state index is 13.9. The Morgan fingerprint density at radius 2 is 1.91 bits per heavy atom. The van der Waals surface area contributed by atoms with Gasteiger partial charge in [0.1, 0.15) is 22.9 Å². The molecule has 8 heteroatoms. The van der Waals surface area contributed by atoms with Crippen molar-refractivity contribution < 1.29 is 23.4 Å². The quantitative estimate of drug-likeness (QED) is 0.471. The average Bonchev–Trinajstić information content (AvgIpc) is 3.07. The molecule has 1 atom stereocenters. The van der Waals surface area contributed by atoms with Gasteiger partial charge in [0.05, 0.1) is 29.1 Å². The number of hydrogen-bond donors (Lipinski definition) is 1. The van der Waals surface area contributed by atoms with Crippen molar-refractivity contribution in [2.45, 2.75) is 6.04 Å². The third kappa shape index (κ3) is 3.01. The summed E-state index contributed by atoms with van der Waals surface area (Å²) in [6.45, 7) is 0. The predicted molar refractivity (Wildman–Crippen MR) is 117 cm³/mol. The van der Waals surface area contributed by atoms with Gasteiger partial charge in [-0.15, -0.1) is 0 Å². The molecule has 1 unspecified atom stereocenters. The molecule has 1 aliphatic heterocycles. The first-order valence-electron chi connectivity index (χ1n) is 9.61. The van der Waals surface area contributed by atoms with E-state index in [-0.39, 0.29) is 33.1 Å². The Kier molecular flexibility index (Phi) is 4.64. The van der Waals surface area contributed by atoms with Gasteiger partial charge in [-0.3, -0.25) is 14.5 Å². The second-order valence-electron chi connectivity index (χ2n) is 7.31. The van der Waals surface area contributed by atoms with Gasteiger partial charge in [-0.05, 0) is 54.1 Å². The summed E-state index contributed by atoms with van der Waals surface area (Å²) < 4.78 is 24.8. The first kappa shape index (κ1) is 20.1. The highest BCUT2D eigenvalue weighted by atomic mass is 35.5. The van der Waals surface area contributed by atoms with Gasteiger partial charge in [0, 0.05) is 5.69 Å². The largest absolute Gasteiger partial charge is 0.508 e. The fourth-order valence-electron chi connectivity index (χ4n) is 4.03. The van der Waals surface area contributed by atoms with Crippen LogP contribution in [0.15, 0.2) is 69.9 Å². The Morgan fingerprint density at radius 1 is 1.09 bits per heavy atom. The number of aromatic hydroxyl groups is 1. The van der Waals surface area contributed by atoms with Crippen molar-refractivity contribution in [2.24, 2.45) is 0 Å². The topological polar surface area (TPSA) is 80.0 Å². The zero-order valence-electron chi connectivity index (χ0n) is 16.6. The van der Waals surface area contributed by atoms with Crippen LogP contribution in [-0.4, -0.2) is 18.1 Å². The zero-order valence-corrected chi connectivity index (χ0v) is 17.4. The second kappa shape index (κ2) is 7.39. The van der Waals surface area contributed by atoms with Crippen molar-refractivity contribution in [3.63, 3.8) is 0 Å². The van der Waals surface area contributed by atoms with E-state index in [1.54, 1.807) is 30.3 Å². The molecule has 3 aromatic carbocycles. The van der Waals surface area contributed by atoms with Crippen molar-refractivity contribution in [1.29, 1.82) is 0 Å². The van der Waals surface area contributed by atoms with Crippen LogP contribution in [-0.2, 0) is 0 Å². The lowest BCUT2D eigenvalue weighted by Crippen LogP contribution is -2.29. The number of carbonyl (C=O) groups is 1. The van der Waals surface area contributed by atoms with E-state index in [4.69, 9.17) is 20.8 Å².